The Bertz CT molecular complexity index is 920. The Labute approximate surface area is 192 Å². The summed E-state index contributed by atoms with van der Waals surface area (Å²) in [5, 5.41) is 14.8. The molecule has 176 valence electrons. The molecule has 0 aliphatic carbocycles. The predicted octanol–water partition coefficient (Wildman–Crippen LogP) is 1.08. The molecule has 2 atom stereocenters. The molecule has 0 saturated heterocycles. The van der Waals surface area contributed by atoms with Crippen LogP contribution in [-0.4, -0.2) is 48.0 Å². The van der Waals surface area contributed by atoms with E-state index < -0.39 is 42.3 Å². The van der Waals surface area contributed by atoms with Gasteiger partial charge < -0.3 is 26.2 Å². The SMILES string of the molecule is NC(=O)C(CCNC(=O)OCc1ccccc1)C(=O)NCC(=O)C(O)CCc1ccccc1. The van der Waals surface area contributed by atoms with E-state index in [0.717, 1.165) is 11.1 Å². The van der Waals surface area contributed by atoms with Crippen LogP contribution in [0.25, 0.3) is 0 Å². The van der Waals surface area contributed by atoms with Crippen molar-refractivity contribution in [3.8, 4) is 0 Å². The number of nitrogens with one attached hydrogen (secondary N) is 2. The van der Waals surface area contributed by atoms with Crippen molar-refractivity contribution in [1.82, 2.24) is 10.6 Å². The molecule has 2 aromatic rings. The van der Waals surface area contributed by atoms with Gasteiger partial charge in [0, 0.05) is 6.54 Å². The van der Waals surface area contributed by atoms with Crippen LogP contribution in [0.3, 0.4) is 0 Å². The number of hydrogen-bond donors (Lipinski definition) is 4. The molecule has 33 heavy (non-hydrogen) atoms. The summed E-state index contributed by atoms with van der Waals surface area (Å²) in [5.41, 5.74) is 7.09. The average molecular weight is 456 g/mol. The molecule has 2 aromatic carbocycles. The molecule has 0 aliphatic rings. The smallest absolute Gasteiger partial charge is 0.407 e. The van der Waals surface area contributed by atoms with Crippen LogP contribution in [0.5, 0.6) is 0 Å². The van der Waals surface area contributed by atoms with Crippen LogP contribution in [0.15, 0.2) is 60.7 Å². The van der Waals surface area contributed by atoms with Gasteiger partial charge in [-0.25, -0.2) is 4.79 Å². The molecule has 5 N–H and O–H groups in total. The van der Waals surface area contributed by atoms with Crippen molar-refractivity contribution in [2.45, 2.75) is 32.0 Å². The minimum absolute atomic E-state index is 0.0255. The highest BCUT2D eigenvalue weighted by Crippen LogP contribution is 2.07. The summed E-state index contributed by atoms with van der Waals surface area (Å²) in [7, 11) is 0. The molecule has 0 saturated carbocycles. The Kier molecular flexibility index (Phi) is 10.6. The lowest BCUT2D eigenvalue weighted by Crippen LogP contribution is -2.44. The first-order chi connectivity index (χ1) is 15.9. The van der Waals surface area contributed by atoms with Crippen molar-refractivity contribution in [1.29, 1.82) is 0 Å². The van der Waals surface area contributed by atoms with Gasteiger partial charge in [0.05, 0.1) is 6.54 Å². The number of rotatable bonds is 13. The summed E-state index contributed by atoms with van der Waals surface area (Å²) in [6, 6.07) is 18.5. The topological polar surface area (TPSA) is 148 Å². The molecule has 0 aromatic heterocycles. The molecular formula is C24H29N3O6. The second kappa shape index (κ2) is 13.6. The molecule has 0 fully saturated rings. The summed E-state index contributed by atoms with van der Waals surface area (Å²) in [6.45, 7) is -0.367. The highest BCUT2D eigenvalue weighted by Gasteiger charge is 2.25. The summed E-state index contributed by atoms with van der Waals surface area (Å²) in [6.07, 6.45) is -1.27. The van der Waals surface area contributed by atoms with E-state index in [1.165, 1.54) is 0 Å². The first-order valence-corrected chi connectivity index (χ1v) is 10.6. The molecule has 2 unspecified atom stereocenters. The fourth-order valence-electron chi connectivity index (χ4n) is 3.02. The number of nitrogens with two attached hydrogens (primary N) is 1. The summed E-state index contributed by atoms with van der Waals surface area (Å²) in [5.74, 6) is -3.44. The fraction of sp³-hybridized carbons (Fsp3) is 0.333. The zero-order valence-corrected chi connectivity index (χ0v) is 18.2. The lowest BCUT2D eigenvalue weighted by Gasteiger charge is -2.15. The van der Waals surface area contributed by atoms with E-state index in [1.54, 1.807) is 12.1 Å². The number of ether oxygens (including phenoxy) is 1. The third-order valence-corrected chi connectivity index (χ3v) is 4.93. The maximum absolute atomic E-state index is 12.3. The molecule has 9 heteroatoms. The van der Waals surface area contributed by atoms with E-state index >= 15 is 0 Å². The van der Waals surface area contributed by atoms with Crippen LogP contribution in [0.4, 0.5) is 4.79 Å². The van der Waals surface area contributed by atoms with Crippen LogP contribution in [0.1, 0.15) is 24.0 Å². The van der Waals surface area contributed by atoms with E-state index in [2.05, 4.69) is 10.6 Å². The zero-order chi connectivity index (χ0) is 24.1. The van der Waals surface area contributed by atoms with Gasteiger partial charge in [-0.2, -0.15) is 0 Å². The Morgan fingerprint density at radius 2 is 1.48 bits per heavy atom. The van der Waals surface area contributed by atoms with Crippen molar-refractivity contribution in [3.05, 3.63) is 71.8 Å². The van der Waals surface area contributed by atoms with E-state index in [-0.39, 0.29) is 26.0 Å². The quantitative estimate of drug-likeness (QED) is 0.332. The minimum atomic E-state index is -1.24. The number of alkyl carbamates (subject to hydrolysis) is 1. The van der Waals surface area contributed by atoms with Crippen LogP contribution in [0.2, 0.25) is 0 Å². The summed E-state index contributed by atoms with van der Waals surface area (Å²) in [4.78, 5) is 47.8. The molecule has 0 aliphatic heterocycles. The minimum Gasteiger partial charge on any atom is -0.445 e. The van der Waals surface area contributed by atoms with Gasteiger partial charge in [0.25, 0.3) is 0 Å². The van der Waals surface area contributed by atoms with Crippen molar-refractivity contribution < 1.29 is 29.0 Å². The Hall–Kier alpha value is -3.72. The number of carbonyl (C=O) groups excluding carboxylic acids is 4. The molecule has 0 spiro atoms. The highest BCUT2D eigenvalue weighted by atomic mass is 16.5. The summed E-state index contributed by atoms with van der Waals surface area (Å²) >= 11 is 0. The number of aliphatic hydroxyl groups is 1. The third-order valence-electron chi connectivity index (χ3n) is 4.93. The van der Waals surface area contributed by atoms with Crippen molar-refractivity contribution in [3.63, 3.8) is 0 Å². The number of benzene rings is 2. The van der Waals surface area contributed by atoms with E-state index in [9.17, 15) is 24.3 Å². The van der Waals surface area contributed by atoms with Crippen molar-refractivity contribution in [2.75, 3.05) is 13.1 Å². The lowest BCUT2D eigenvalue weighted by atomic mass is 10.0. The third kappa shape index (κ3) is 9.53. The maximum atomic E-state index is 12.3. The zero-order valence-electron chi connectivity index (χ0n) is 18.2. The Balaban J connectivity index is 1.69. The Morgan fingerprint density at radius 3 is 2.09 bits per heavy atom. The monoisotopic (exact) mass is 455 g/mol. The Morgan fingerprint density at radius 1 is 0.879 bits per heavy atom. The molecule has 0 heterocycles. The number of amides is 3. The first-order valence-electron chi connectivity index (χ1n) is 10.6. The number of ketones is 1. The van der Waals surface area contributed by atoms with E-state index in [0.29, 0.717) is 6.42 Å². The van der Waals surface area contributed by atoms with Gasteiger partial charge in [-0.05, 0) is 30.4 Å². The molecule has 9 nitrogen and oxygen atoms in total. The number of carbonyl (C=O) groups is 4. The predicted molar refractivity (Wildman–Crippen MR) is 121 cm³/mol. The molecular weight excluding hydrogens is 426 g/mol. The molecule has 0 bridgehead atoms. The lowest BCUT2D eigenvalue weighted by molar-refractivity contribution is -0.136. The van der Waals surface area contributed by atoms with Gasteiger partial charge in [-0.3, -0.25) is 14.4 Å². The second-order valence-electron chi connectivity index (χ2n) is 7.46. The highest BCUT2D eigenvalue weighted by molar-refractivity contribution is 6.01. The van der Waals surface area contributed by atoms with Gasteiger partial charge in [-0.1, -0.05) is 60.7 Å². The van der Waals surface area contributed by atoms with Gasteiger partial charge in [0.2, 0.25) is 11.8 Å². The standard InChI is InChI=1S/C24H29N3O6/c25-22(30)19(13-14-26-24(32)33-16-18-9-5-2-6-10-18)23(31)27-15-21(29)20(28)12-11-17-7-3-1-4-8-17/h1-10,19-20,28H,11-16H2,(H2,25,30)(H,26,32)(H,27,31). The van der Waals surface area contributed by atoms with Gasteiger partial charge in [-0.15, -0.1) is 0 Å². The van der Waals surface area contributed by atoms with Crippen LogP contribution >= 0.6 is 0 Å². The maximum Gasteiger partial charge on any atom is 0.407 e. The number of aliphatic hydroxyl groups excluding tert-OH is 1. The van der Waals surface area contributed by atoms with Gasteiger partial charge in [0.1, 0.15) is 18.6 Å². The summed E-state index contributed by atoms with van der Waals surface area (Å²) < 4.78 is 5.05. The van der Waals surface area contributed by atoms with E-state index in [1.807, 2.05) is 48.5 Å². The first kappa shape index (κ1) is 25.5. The van der Waals surface area contributed by atoms with Gasteiger partial charge in [0.15, 0.2) is 5.78 Å². The van der Waals surface area contributed by atoms with Crippen LogP contribution < -0.4 is 16.4 Å². The largest absolute Gasteiger partial charge is 0.445 e. The van der Waals surface area contributed by atoms with Crippen molar-refractivity contribution in [2.24, 2.45) is 11.7 Å². The fourth-order valence-corrected chi connectivity index (χ4v) is 3.02. The molecule has 3 amide bonds. The number of hydrogen-bond acceptors (Lipinski definition) is 6. The molecule has 2 rings (SSSR count). The van der Waals surface area contributed by atoms with E-state index in [4.69, 9.17) is 10.5 Å². The number of primary amides is 1. The van der Waals surface area contributed by atoms with Crippen molar-refractivity contribution >= 4 is 23.7 Å². The molecule has 0 radical (unpaired) electrons. The number of aryl methyl sites for hydroxylation is 1. The average Bonchev–Trinajstić information content (AvgIpc) is 2.83. The normalized spacial score (nSPS) is 12.3. The number of Topliss-reactive ketones (excluding diaryl/α,β-unsaturated/α-hetero) is 1. The van der Waals surface area contributed by atoms with Crippen LogP contribution in [0, 0.1) is 5.92 Å². The van der Waals surface area contributed by atoms with Crippen LogP contribution in [-0.2, 0) is 32.1 Å². The second-order valence-corrected chi connectivity index (χ2v) is 7.46. The van der Waals surface area contributed by atoms with Gasteiger partial charge >= 0.3 is 6.09 Å².